The molecule has 1 saturated heterocycles. The number of alkyl halides is 3. The molecule has 1 unspecified atom stereocenters. The average Bonchev–Trinajstić information content (AvgIpc) is 2.74. The number of allylic oxidation sites excluding steroid dienone is 4. The maximum atomic E-state index is 13.8. The van der Waals surface area contributed by atoms with E-state index in [1.165, 1.54) is 17.8 Å². The van der Waals surface area contributed by atoms with E-state index in [0.29, 0.717) is 37.4 Å². The van der Waals surface area contributed by atoms with Crippen LogP contribution in [0.2, 0.25) is 0 Å². The maximum absolute atomic E-state index is 13.8. The second kappa shape index (κ2) is 9.77. The number of benzene rings is 2. The van der Waals surface area contributed by atoms with E-state index < -0.39 is 17.7 Å². The molecule has 0 aromatic heterocycles. The van der Waals surface area contributed by atoms with Crippen LogP contribution in [0, 0.1) is 11.8 Å². The van der Waals surface area contributed by atoms with E-state index in [9.17, 15) is 18.0 Å². The van der Waals surface area contributed by atoms with Gasteiger partial charge in [0.15, 0.2) is 0 Å². The fraction of sp³-hybridized carbons (Fsp3) is 0.346. The highest BCUT2D eigenvalue weighted by Crippen LogP contribution is 2.39. The van der Waals surface area contributed by atoms with Crippen LogP contribution in [0.3, 0.4) is 0 Å². The first-order chi connectivity index (χ1) is 15.7. The largest absolute Gasteiger partial charge is 0.481 e. The lowest BCUT2D eigenvalue weighted by molar-refractivity contribution is -0.147. The van der Waals surface area contributed by atoms with Gasteiger partial charge >= 0.3 is 12.1 Å². The molecule has 3 nitrogen and oxygen atoms in total. The number of carbonyl (C=O) groups is 1. The molecule has 2 aliphatic rings. The average molecular weight is 474 g/mol. The Labute approximate surface area is 196 Å². The topological polar surface area (TPSA) is 40.5 Å². The fourth-order valence-electron chi connectivity index (χ4n) is 4.21. The van der Waals surface area contributed by atoms with Gasteiger partial charge in [0.1, 0.15) is 0 Å². The molecule has 7 heteroatoms. The van der Waals surface area contributed by atoms with Crippen LogP contribution in [-0.2, 0) is 23.3 Å². The van der Waals surface area contributed by atoms with Crippen LogP contribution in [-0.4, -0.2) is 29.1 Å². The number of nitrogens with zero attached hydrogens (tertiary/aromatic N) is 1. The van der Waals surface area contributed by atoms with Gasteiger partial charge in [-0.1, -0.05) is 49.4 Å². The highest BCUT2D eigenvalue weighted by atomic mass is 32.2. The predicted octanol–water partition coefficient (Wildman–Crippen LogP) is 6.49. The smallest absolute Gasteiger partial charge is 0.417 e. The van der Waals surface area contributed by atoms with Crippen molar-refractivity contribution in [3.63, 3.8) is 0 Å². The SMILES string of the molecule is CC1C=CC=C(c2ccc(CSc3ccc(CN4CC(C(=O)O)C4)cc3)cc2C(F)(F)F)C1. The van der Waals surface area contributed by atoms with Crippen LogP contribution in [0.15, 0.2) is 65.6 Å². The number of hydrogen-bond acceptors (Lipinski definition) is 3. The number of aliphatic carboxylic acids is 1. The molecule has 0 saturated carbocycles. The van der Waals surface area contributed by atoms with Gasteiger partial charge in [0.25, 0.3) is 0 Å². The molecule has 2 aromatic rings. The van der Waals surface area contributed by atoms with Crippen molar-refractivity contribution >= 4 is 23.3 Å². The molecule has 1 aliphatic carbocycles. The Balaban J connectivity index is 1.39. The summed E-state index contributed by atoms with van der Waals surface area (Å²) < 4.78 is 41.4. The van der Waals surface area contributed by atoms with Crippen molar-refractivity contribution < 1.29 is 23.1 Å². The molecule has 0 bridgehead atoms. The minimum Gasteiger partial charge on any atom is -0.481 e. The number of carboxylic acids is 1. The first kappa shape index (κ1) is 23.6. The normalized spacial score (nSPS) is 19.3. The maximum Gasteiger partial charge on any atom is 0.417 e. The zero-order valence-electron chi connectivity index (χ0n) is 18.3. The predicted molar refractivity (Wildman–Crippen MR) is 125 cm³/mol. The van der Waals surface area contributed by atoms with Crippen molar-refractivity contribution in [3.8, 4) is 0 Å². The summed E-state index contributed by atoms with van der Waals surface area (Å²) in [6.07, 6.45) is 1.82. The minimum atomic E-state index is -4.40. The zero-order valence-corrected chi connectivity index (χ0v) is 19.1. The van der Waals surface area contributed by atoms with E-state index >= 15 is 0 Å². The summed E-state index contributed by atoms with van der Waals surface area (Å²) in [6, 6.07) is 12.6. The minimum absolute atomic E-state index is 0.226. The molecule has 4 rings (SSSR count). The Morgan fingerprint density at radius 2 is 1.82 bits per heavy atom. The molecule has 1 heterocycles. The Morgan fingerprint density at radius 3 is 2.45 bits per heavy atom. The second-order valence-corrected chi connectivity index (χ2v) is 9.85. The molecule has 1 atom stereocenters. The third kappa shape index (κ3) is 5.89. The van der Waals surface area contributed by atoms with Crippen molar-refractivity contribution in [3.05, 3.63) is 82.9 Å². The van der Waals surface area contributed by atoms with Crippen LogP contribution in [0.5, 0.6) is 0 Å². The van der Waals surface area contributed by atoms with Crippen molar-refractivity contribution in [2.45, 2.75) is 36.7 Å². The zero-order chi connectivity index (χ0) is 23.6. The molecule has 0 spiro atoms. The molecular weight excluding hydrogens is 447 g/mol. The summed E-state index contributed by atoms with van der Waals surface area (Å²) in [5.41, 5.74) is 2.16. The number of hydrogen-bond donors (Lipinski definition) is 1. The van der Waals surface area contributed by atoms with Crippen molar-refractivity contribution in [1.82, 2.24) is 4.90 Å². The summed E-state index contributed by atoms with van der Waals surface area (Å²) in [5, 5.41) is 8.96. The lowest BCUT2D eigenvalue weighted by Gasteiger charge is -2.36. The molecule has 1 fully saturated rings. The standard InChI is InChI=1S/C26H26F3NO2S/c1-17-3-2-4-20(11-17)23-10-7-19(12-24(23)26(27,28)29)16-33-22-8-5-18(6-9-22)13-30-14-21(15-30)25(31)32/h2-10,12,17,21H,11,13-16H2,1H3,(H,31,32). The highest BCUT2D eigenvalue weighted by molar-refractivity contribution is 7.98. The van der Waals surface area contributed by atoms with Gasteiger partial charge in [-0.2, -0.15) is 13.2 Å². The van der Waals surface area contributed by atoms with Gasteiger partial charge in [-0.3, -0.25) is 9.69 Å². The Hall–Kier alpha value is -2.51. The lowest BCUT2D eigenvalue weighted by atomic mass is 9.88. The molecule has 33 heavy (non-hydrogen) atoms. The first-order valence-corrected chi connectivity index (χ1v) is 11.9. The first-order valence-electron chi connectivity index (χ1n) is 10.9. The molecule has 1 N–H and O–H groups in total. The number of halogens is 3. The summed E-state index contributed by atoms with van der Waals surface area (Å²) in [4.78, 5) is 14.0. The fourth-order valence-corrected chi connectivity index (χ4v) is 5.05. The highest BCUT2D eigenvalue weighted by Gasteiger charge is 2.35. The van der Waals surface area contributed by atoms with Crippen molar-refractivity contribution in [2.75, 3.05) is 13.1 Å². The van der Waals surface area contributed by atoms with E-state index in [0.717, 1.165) is 16.0 Å². The van der Waals surface area contributed by atoms with Gasteiger partial charge in [-0.05, 0) is 52.8 Å². The van der Waals surface area contributed by atoms with Crippen LogP contribution in [0.4, 0.5) is 13.2 Å². The van der Waals surface area contributed by atoms with E-state index in [2.05, 4.69) is 4.90 Å². The number of likely N-dealkylation sites (tertiary alicyclic amines) is 1. The van der Waals surface area contributed by atoms with Crippen molar-refractivity contribution in [1.29, 1.82) is 0 Å². The molecule has 174 valence electrons. The Morgan fingerprint density at radius 1 is 1.12 bits per heavy atom. The number of carboxylic acid groups (broad SMARTS) is 1. The van der Waals surface area contributed by atoms with Gasteiger partial charge in [0.05, 0.1) is 11.5 Å². The van der Waals surface area contributed by atoms with Gasteiger partial charge < -0.3 is 5.11 Å². The molecule has 0 radical (unpaired) electrons. The van der Waals surface area contributed by atoms with Gasteiger partial charge in [-0.15, -0.1) is 11.8 Å². The van der Waals surface area contributed by atoms with Gasteiger partial charge in [0, 0.05) is 30.3 Å². The molecule has 0 amide bonds. The summed E-state index contributed by atoms with van der Waals surface area (Å²) in [5.74, 6) is -0.350. The van der Waals surface area contributed by atoms with Gasteiger partial charge in [0.2, 0.25) is 0 Å². The van der Waals surface area contributed by atoms with E-state index in [1.54, 1.807) is 18.2 Å². The van der Waals surface area contributed by atoms with Crippen LogP contribution < -0.4 is 0 Å². The third-order valence-electron chi connectivity index (χ3n) is 6.06. The molecule has 1 aliphatic heterocycles. The second-order valence-electron chi connectivity index (χ2n) is 8.80. The van der Waals surface area contributed by atoms with E-state index in [4.69, 9.17) is 5.11 Å². The monoisotopic (exact) mass is 473 g/mol. The Bertz CT molecular complexity index is 1070. The van der Waals surface area contributed by atoms with Crippen LogP contribution in [0.25, 0.3) is 5.57 Å². The van der Waals surface area contributed by atoms with E-state index in [1.807, 2.05) is 43.3 Å². The third-order valence-corrected chi connectivity index (χ3v) is 7.14. The summed E-state index contributed by atoms with van der Waals surface area (Å²) >= 11 is 1.50. The Kier molecular flexibility index (Phi) is 7.00. The molecular formula is C26H26F3NO2S. The van der Waals surface area contributed by atoms with E-state index in [-0.39, 0.29) is 17.4 Å². The molecule has 2 aromatic carbocycles. The van der Waals surface area contributed by atoms with Crippen LogP contribution in [0.1, 0.15) is 35.6 Å². The lowest BCUT2D eigenvalue weighted by Crippen LogP contribution is -2.49. The van der Waals surface area contributed by atoms with Gasteiger partial charge in [-0.25, -0.2) is 0 Å². The van der Waals surface area contributed by atoms with Crippen molar-refractivity contribution in [2.24, 2.45) is 11.8 Å². The van der Waals surface area contributed by atoms with Crippen LogP contribution >= 0.6 is 11.8 Å². The summed E-state index contributed by atoms with van der Waals surface area (Å²) in [6.45, 7) is 3.84. The summed E-state index contributed by atoms with van der Waals surface area (Å²) in [7, 11) is 0. The number of rotatable bonds is 7. The quantitative estimate of drug-likeness (QED) is 0.467. The number of thioether (sulfide) groups is 1.